The third-order valence-electron chi connectivity index (χ3n) is 3.85. The Labute approximate surface area is 136 Å². The molecule has 0 aliphatic carbocycles. The molecule has 0 unspecified atom stereocenters. The Morgan fingerprint density at radius 1 is 1.14 bits per heavy atom. The second-order valence-corrected chi connectivity index (χ2v) is 6.31. The summed E-state index contributed by atoms with van der Waals surface area (Å²) in [5.74, 6) is 1.72. The molecule has 118 valence electrons. The van der Waals surface area contributed by atoms with Gasteiger partial charge < -0.3 is 14.7 Å². The molecule has 0 bridgehead atoms. The van der Waals surface area contributed by atoms with Gasteiger partial charge in [-0.25, -0.2) is 0 Å². The van der Waals surface area contributed by atoms with Crippen LogP contribution in [0, 0.1) is 0 Å². The molecule has 0 radical (unpaired) electrons. The van der Waals surface area contributed by atoms with Crippen LogP contribution in [0.3, 0.4) is 0 Å². The lowest BCUT2D eigenvalue weighted by atomic mass is 10.3. The van der Waals surface area contributed by atoms with Crippen LogP contribution in [0.4, 0.5) is 11.8 Å². The van der Waals surface area contributed by atoms with Crippen molar-refractivity contribution < 1.29 is 0 Å². The van der Waals surface area contributed by atoms with Crippen molar-refractivity contribution in [2.24, 2.45) is 0 Å². The highest BCUT2D eigenvalue weighted by Crippen LogP contribution is 2.34. The predicted molar refractivity (Wildman–Crippen MR) is 92.1 cm³/mol. The molecule has 0 saturated carbocycles. The second kappa shape index (κ2) is 7.51. The molecule has 1 aliphatic heterocycles. The van der Waals surface area contributed by atoms with Crippen LogP contribution >= 0.6 is 23.4 Å². The van der Waals surface area contributed by atoms with E-state index < -0.39 is 0 Å². The Hall–Kier alpha value is -0.720. The zero-order chi connectivity index (χ0) is 15.4. The van der Waals surface area contributed by atoms with Crippen molar-refractivity contribution in [1.82, 2.24) is 14.9 Å². The fraction of sp³-hybridized carbons (Fsp3) is 0.714. The molecule has 5 nitrogen and oxygen atoms in total. The first-order chi connectivity index (χ1) is 10.1. The Kier molecular flexibility index (Phi) is 5.96. The van der Waals surface area contributed by atoms with Crippen LogP contribution in [-0.4, -0.2) is 67.4 Å². The maximum Gasteiger partial charge on any atom is 0.228 e. The Balaban J connectivity index is 2.37. The molecule has 0 atom stereocenters. The minimum Gasteiger partial charge on any atom is -0.353 e. The molecule has 1 aromatic rings. The number of rotatable bonds is 5. The maximum atomic E-state index is 6.40. The molecular weight excluding hydrogens is 306 g/mol. The highest BCUT2D eigenvalue weighted by molar-refractivity contribution is 7.98. The molecule has 0 aromatic carbocycles. The molecule has 7 heteroatoms. The summed E-state index contributed by atoms with van der Waals surface area (Å²) in [5.41, 5.74) is 0. The summed E-state index contributed by atoms with van der Waals surface area (Å²) in [7, 11) is 2.15. The smallest absolute Gasteiger partial charge is 0.228 e. The van der Waals surface area contributed by atoms with E-state index in [0.717, 1.165) is 55.9 Å². The highest BCUT2D eigenvalue weighted by atomic mass is 35.5. The van der Waals surface area contributed by atoms with Gasteiger partial charge in [0.05, 0.1) is 4.90 Å². The minimum atomic E-state index is 0.563. The molecule has 1 saturated heterocycles. The normalized spacial score (nSPS) is 16.3. The number of halogens is 1. The SMILES string of the molecule is CCN(CC)c1nc(Cl)c(SC)c(N2CCN(C)CC2)n1. The molecule has 2 rings (SSSR count). The lowest BCUT2D eigenvalue weighted by molar-refractivity contribution is 0.311. The number of hydrogen-bond donors (Lipinski definition) is 0. The van der Waals surface area contributed by atoms with E-state index in [-0.39, 0.29) is 0 Å². The van der Waals surface area contributed by atoms with E-state index in [2.05, 4.69) is 40.6 Å². The molecule has 1 fully saturated rings. The van der Waals surface area contributed by atoms with Gasteiger partial charge in [0.2, 0.25) is 5.95 Å². The van der Waals surface area contributed by atoms with Crippen molar-refractivity contribution in [3.05, 3.63) is 5.15 Å². The number of nitrogens with zero attached hydrogens (tertiary/aromatic N) is 5. The van der Waals surface area contributed by atoms with E-state index in [1.165, 1.54) is 0 Å². The van der Waals surface area contributed by atoms with Crippen LogP contribution in [0.1, 0.15) is 13.8 Å². The molecule has 0 amide bonds. The standard InChI is InChI=1S/C14H24ClN5S/c1-5-19(6-2)14-16-12(15)11(21-4)13(17-14)20-9-7-18(3)8-10-20/h5-10H2,1-4H3. The summed E-state index contributed by atoms with van der Waals surface area (Å²) in [4.78, 5) is 17.1. The van der Waals surface area contributed by atoms with Gasteiger partial charge in [-0.2, -0.15) is 9.97 Å². The first-order valence-corrected chi connectivity index (χ1v) is 9.00. The van der Waals surface area contributed by atoms with Crippen molar-refractivity contribution in [2.75, 3.05) is 62.4 Å². The highest BCUT2D eigenvalue weighted by Gasteiger charge is 2.22. The van der Waals surface area contributed by atoms with Gasteiger partial charge in [0.15, 0.2) is 0 Å². The monoisotopic (exact) mass is 329 g/mol. The van der Waals surface area contributed by atoms with Crippen LogP contribution in [0.25, 0.3) is 0 Å². The fourth-order valence-corrected chi connectivity index (χ4v) is 3.42. The van der Waals surface area contributed by atoms with E-state index in [9.17, 15) is 0 Å². The van der Waals surface area contributed by atoms with Crippen molar-refractivity contribution in [2.45, 2.75) is 18.7 Å². The van der Waals surface area contributed by atoms with Gasteiger partial charge in [0, 0.05) is 39.3 Å². The lowest BCUT2D eigenvalue weighted by Crippen LogP contribution is -2.45. The van der Waals surface area contributed by atoms with Crippen LogP contribution in [0.2, 0.25) is 5.15 Å². The third kappa shape index (κ3) is 3.73. The van der Waals surface area contributed by atoms with Crippen molar-refractivity contribution in [3.8, 4) is 0 Å². The molecule has 0 spiro atoms. The first-order valence-electron chi connectivity index (χ1n) is 7.40. The zero-order valence-electron chi connectivity index (χ0n) is 13.3. The van der Waals surface area contributed by atoms with Gasteiger partial charge in [-0.3, -0.25) is 0 Å². The van der Waals surface area contributed by atoms with Crippen LogP contribution in [0.5, 0.6) is 0 Å². The van der Waals surface area contributed by atoms with E-state index >= 15 is 0 Å². The van der Waals surface area contributed by atoms with Gasteiger partial charge in [-0.1, -0.05) is 11.6 Å². The number of thioether (sulfide) groups is 1. The summed E-state index contributed by atoms with van der Waals surface area (Å²) < 4.78 is 0. The van der Waals surface area contributed by atoms with Gasteiger partial charge in [-0.15, -0.1) is 11.8 Å². The molecular formula is C14H24ClN5S. The summed E-state index contributed by atoms with van der Waals surface area (Å²) >= 11 is 8.03. The number of anilines is 2. The number of piperazine rings is 1. The van der Waals surface area contributed by atoms with E-state index in [0.29, 0.717) is 5.15 Å². The predicted octanol–water partition coefficient (Wildman–Crippen LogP) is 2.45. The van der Waals surface area contributed by atoms with Crippen LogP contribution in [0.15, 0.2) is 4.90 Å². The quantitative estimate of drug-likeness (QED) is 0.610. The number of aromatic nitrogens is 2. The number of likely N-dealkylation sites (N-methyl/N-ethyl adjacent to an activating group) is 1. The summed E-state index contributed by atoms with van der Waals surface area (Å²) in [5, 5.41) is 0.563. The molecule has 0 N–H and O–H groups in total. The molecule has 1 aromatic heterocycles. The largest absolute Gasteiger partial charge is 0.353 e. The van der Waals surface area contributed by atoms with Gasteiger partial charge in [0.25, 0.3) is 0 Å². The van der Waals surface area contributed by atoms with Gasteiger partial charge in [0.1, 0.15) is 11.0 Å². The minimum absolute atomic E-state index is 0.563. The fourth-order valence-electron chi connectivity index (χ4n) is 2.46. The zero-order valence-corrected chi connectivity index (χ0v) is 14.8. The Morgan fingerprint density at radius 2 is 1.76 bits per heavy atom. The van der Waals surface area contributed by atoms with Crippen molar-refractivity contribution in [3.63, 3.8) is 0 Å². The average Bonchev–Trinajstić information content (AvgIpc) is 2.49. The second-order valence-electron chi connectivity index (χ2n) is 5.13. The Bertz CT molecular complexity index is 473. The summed E-state index contributed by atoms with van der Waals surface area (Å²) in [6.07, 6.45) is 2.03. The van der Waals surface area contributed by atoms with E-state index in [1.54, 1.807) is 11.8 Å². The first kappa shape index (κ1) is 16.6. The molecule has 2 heterocycles. The molecule has 21 heavy (non-hydrogen) atoms. The van der Waals surface area contributed by atoms with Crippen molar-refractivity contribution >= 4 is 35.1 Å². The maximum absolute atomic E-state index is 6.40. The Morgan fingerprint density at radius 3 is 2.29 bits per heavy atom. The van der Waals surface area contributed by atoms with Crippen LogP contribution < -0.4 is 9.80 Å². The summed E-state index contributed by atoms with van der Waals surface area (Å²) in [6, 6.07) is 0. The van der Waals surface area contributed by atoms with Gasteiger partial charge in [-0.05, 0) is 27.2 Å². The average molecular weight is 330 g/mol. The number of hydrogen-bond acceptors (Lipinski definition) is 6. The lowest BCUT2D eigenvalue weighted by Gasteiger charge is -2.34. The van der Waals surface area contributed by atoms with E-state index in [4.69, 9.17) is 16.6 Å². The third-order valence-corrected chi connectivity index (χ3v) is 5.02. The van der Waals surface area contributed by atoms with Crippen molar-refractivity contribution in [1.29, 1.82) is 0 Å². The van der Waals surface area contributed by atoms with Gasteiger partial charge >= 0.3 is 0 Å². The molecule has 1 aliphatic rings. The van der Waals surface area contributed by atoms with E-state index in [1.807, 2.05) is 6.26 Å². The topological polar surface area (TPSA) is 35.5 Å². The van der Waals surface area contributed by atoms with Crippen LogP contribution in [-0.2, 0) is 0 Å². The summed E-state index contributed by atoms with van der Waals surface area (Å²) in [6.45, 7) is 10.1.